The molecule has 0 aromatic rings. The average Bonchev–Trinajstić information content (AvgIpc) is 2.42. The van der Waals surface area contributed by atoms with Gasteiger partial charge in [-0.1, -0.05) is 20.8 Å². The van der Waals surface area contributed by atoms with Crippen LogP contribution in [0.1, 0.15) is 33.6 Å². The lowest BCUT2D eigenvalue weighted by Crippen LogP contribution is -2.49. The molecule has 0 unspecified atom stereocenters. The molecule has 0 aliphatic carbocycles. The van der Waals surface area contributed by atoms with Crippen LogP contribution in [0.15, 0.2) is 0 Å². The molecule has 1 amide bonds. The van der Waals surface area contributed by atoms with Gasteiger partial charge < -0.3 is 15.0 Å². The molecule has 0 aromatic heterocycles. The Balaban J connectivity index is 2.11. The van der Waals surface area contributed by atoms with Gasteiger partial charge >= 0.3 is 0 Å². The molecule has 0 saturated carbocycles. The Morgan fingerprint density at radius 2 is 1.76 bits per heavy atom. The Morgan fingerprint density at radius 3 is 2.33 bits per heavy atom. The van der Waals surface area contributed by atoms with E-state index in [1.807, 2.05) is 0 Å². The topological polar surface area (TPSA) is 44.8 Å². The van der Waals surface area contributed by atoms with E-state index in [9.17, 15) is 4.79 Å². The summed E-state index contributed by atoms with van der Waals surface area (Å²) in [6, 6.07) is 0. The predicted octanol–water partition coefficient (Wildman–Crippen LogP) is 1.19. The fourth-order valence-electron chi connectivity index (χ4n) is 2.37. The number of carbonyl (C=O) groups excluding carboxylic acids is 1. The van der Waals surface area contributed by atoms with Crippen LogP contribution in [0, 0.1) is 5.41 Å². The van der Waals surface area contributed by atoms with E-state index in [2.05, 4.69) is 35.9 Å². The van der Waals surface area contributed by atoms with E-state index in [4.69, 9.17) is 4.74 Å². The summed E-state index contributed by atoms with van der Waals surface area (Å²) in [6.07, 6.45) is 2.11. The normalized spacial score (nSPS) is 17.9. The maximum absolute atomic E-state index is 11.8. The number of piperazine rings is 1. The molecule has 5 heteroatoms. The highest BCUT2D eigenvalue weighted by Crippen LogP contribution is 2.19. The van der Waals surface area contributed by atoms with Gasteiger partial charge in [0.1, 0.15) is 0 Å². The van der Waals surface area contributed by atoms with Crippen LogP contribution in [0.2, 0.25) is 0 Å². The Morgan fingerprint density at radius 1 is 1.14 bits per heavy atom. The second-order valence-electron chi connectivity index (χ2n) is 7.12. The Kier molecular flexibility index (Phi) is 8.22. The molecule has 21 heavy (non-hydrogen) atoms. The van der Waals surface area contributed by atoms with E-state index < -0.39 is 0 Å². The van der Waals surface area contributed by atoms with Crippen molar-refractivity contribution in [3.05, 3.63) is 0 Å². The van der Waals surface area contributed by atoms with Crippen molar-refractivity contribution in [2.45, 2.75) is 33.6 Å². The Labute approximate surface area is 130 Å². The molecule has 124 valence electrons. The predicted molar refractivity (Wildman–Crippen MR) is 86.5 cm³/mol. The SMILES string of the molecule is COCCCNC(=O)CN1CCN(CCC(C)(C)C)CC1. The van der Waals surface area contributed by atoms with Crippen molar-refractivity contribution in [3.63, 3.8) is 0 Å². The highest BCUT2D eigenvalue weighted by atomic mass is 16.5. The van der Waals surface area contributed by atoms with Crippen molar-refractivity contribution in [2.24, 2.45) is 5.41 Å². The largest absolute Gasteiger partial charge is 0.385 e. The van der Waals surface area contributed by atoms with E-state index in [-0.39, 0.29) is 5.91 Å². The third-order valence-electron chi connectivity index (χ3n) is 3.86. The maximum atomic E-state index is 11.8. The number of methoxy groups -OCH3 is 1. The third kappa shape index (κ3) is 9.06. The highest BCUT2D eigenvalue weighted by Gasteiger charge is 2.20. The molecule has 1 rings (SSSR count). The minimum atomic E-state index is 0.134. The number of hydrogen-bond donors (Lipinski definition) is 1. The first-order chi connectivity index (χ1) is 9.90. The lowest BCUT2D eigenvalue weighted by Gasteiger charge is -2.35. The molecule has 1 N–H and O–H groups in total. The molecule has 1 saturated heterocycles. The quantitative estimate of drug-likeness (QED) is 0.684. The lowest BCUT2D eigenvalue weighted by molar-refractivity contribution is -0.122. The molecule has 0 atom stereocenters. The second-order valence-corrected chi connectivity index (χ2v) is 7.12. The van der Waals surface area contributed by atoms with Gasteiger partial charge in [-0.3, -0.25) is 9.69 Å². The first-order valence-corrected chi connectivity index (χ1v) is 8.11. The molecular formula is C16H33N3O2. The third-order valence-corrected chi connectivity index (χ3v) is 3.86. The summed E-state index contributed by atoms with van der Waals surface area (Å²) >= 11 is 0. The van der Waals surface area contributed by atoms with Crippen molar-refractivity contribution in [1.29, 1.82) is 0 Å². The molecule has 1 aliphatic rings. The zero-order valence-electron chi connectivity index (χ0n) is 14.3. The first kappa shape index (κ1) is 18.4. The zero-order chi connectivity index (χ0) is 15.7. The number of ether oxygens (including phenoxy) is 1. The standard InChI is InChI=1S/C16H33N3O2/c1-16(2,3)6-8-18-9-11-19(12-10-18)14-15(20)17-7-5-13-21-4/h5-14H2,1-4H3,(H,17,20). The van der Waals surface area contributed by atoms with Gasteiger partial charge in [0, 0.05) is 46.4 Å². The van der Waals surface area contributed by atoms with Crippen molar-refractivity contribution in [1.82, 2.24) is 15.1 Å². The van der Waals surface area contributed by atoms with Crippen LogP contribution in [-0.2, 0) is 9.53 Å². The highest BCUT2D eigenvalue weighted by molar-refractivity contribution is 5.77. The van der Waals surface area contributed by atoms with E-state index in [0.29, 0.717) is 25.1 Å². The van der Waals surface area contributed by atoms with Gasteiger partial charge in [-0.15, -0.1) is 0 Å². The molecular weight excluding hydrogens is 266 g/mol. The zero-order valence-corrected chi connectivity index (χ0v) is 14.3. The van der Waals surface area contributed by atoms with Gasteiger partial charge in [0.05, 0.1) is 6.54 Å². The molecule has 1 heterocycles. The van der Waals surface area contributed by atoms with Crippen LogP contribution in [0.5, 0.6) is 0 Å². The fourth-order valence-corrected chi connectivity index (χ4v) is 2.37. The summed E-state index contributed by atoms with van der Waals surface area (Å²) in [7, 11) is 1.68. The van der Waals surface area contributed by atoms with Crippen LogP contribution in [-0.4, -0.2) is 75.2 Å². The second kappa shape index (κ2) is 9.38. The number of rotatable bonds is 8. The smallest absolute Gasteiger partial charge is 0.234 e. The number of hydrogen-bond acceptors (Lipinski definition) is 4. The molecule has 0 radical (unpaired) electrons. The minimum absolute atomic E-state index is 0.134. The number of carbonyl (C=O) groups is 1. The van der Waals surface area contributed by atoms with Gasteiger partial charge in [0.25, 0.3) is 0 Å². The molecule has 1 fully saturated rings. The molecule has 0 bridgehead atoms. The number of amides is 1. The molecule has 1 aliphatic heterocycles. The Bertz CT molecular complexity index is 294. The summed E-state index contributed by atoms with van der Waals surface area (Å²) in [4.78, 5) is 16.6. The summed E-state index contributed by atoms with van der Waals surface area (Å²) in [5, 5.41) is 2.95. The van der Waals surface area contributed by atoms with E-state index in [1.54, 1.807) is 7.11 Å². The number of nitrogens with one attached hydrogen (secondary N) is 1. The monoisotopic (exact) mass is 299 g/mol. The number of nitrogens with zero attached hydrogens (tertiary/aromatic N) is 2. The summed E-state index contributed by atoms with van der Waals surface area (Å²) in [6.45, 7) is 14.1. The van der Waals surface area contributed by atoms with Crippen molar-refractivity contribution >= 4 is 5.91 Å². The minimum Gasteiger partial charge on any atom is -0.385 e. The van der Waals surface area contributed by atoms with E-state index in [1.165, 1.54) is 13.0 Å². The summed E-state index contributed by atoms with van der Waals surface area (Å²) in [5.74, 6) is 0.134. The molecule has 0 aromatic carbocycles. The van der Waals surface area contributed by atoms with Gasteiger partial charge in [0.2, 0.25) is 5.91 Å². The van der Waals surface area contributed by atoms with Crippen molar-refractivity contribution in [2.75, 3.05) is 59.5 Å². The van der Waals surface area contributed by atoms with Crippen LogP contribution >= 0.6 is 0 Å². The van der Waals surface area contributed by atoms with Crippen LogP contribution in [0.25, 0.3) is 0 Å². The Hall–Kier alpha value is -0.650. The average molecular weight is 299 g/mol. The summed E-state index contributed by atoms with van der Waals surface area (Å²) in [5.41, 5.74) is 0.402. The molecule has 0 spiro atoms. The van der Waals surface area contributed by atoms with E-state index >= 15 is 0 Å². The lowest BCUT2D eigenvalue weighted by atomic mass is 9.92. The van der Waals surface area contributed by atoms with Crippen LogP contribution in [0.3, 0.4) is 0 Å². The van der Waals surface area contributed by atoms with Crippen molar-refractivity contribution in [3.8, 4) is 0 Å². The van der Waals surface area contributed by atoms with Gasteiger partial charge in [-0.05, 0) is 24.8 Å². The maximum Gasteiger partial charge on any atom is 0.234 e. The van der Waals surface area contributed by atoms with E-state index in [0.717, 1.165) is 32.6 Å². The van der Waals surface area contributed by atoms with Crippen molar-refractivity contribution < 1.29 is 9.53 Å². The first-order valence-electron chi connectivity index (χ1n) is 8.11. The fraction of sp³-hybridized carbons (Fsp3) is 0.938. The van der Waals surface area contributed by atoms with Gasteiger partial charge in [0.15, 0.2) is 0 Å². The van der Waals surface area contributed by atoms with Crippen LogP contribution in [0.4, 0.5) is 0 Å². The molecule has 5 nitrogen and oxygen atoms in total. The van der Waals surface area contributed by atoms with Gasteiger partial charge in [-0.25, -0.2) is 0 Å². The summed E-state index contributed by atoms with van der Waals surface area (Å²) < 4.78 is 4.96. The van der Waals surface area contributed by atoms with Crippen LogP contribution < -0.4 is 5.32 Å². The van der Waals surface area contributed by atoms with Gasteiger partial charge in [-0.2, -0.15) is 0 Å².